The van der Waals surface area contributed by atoms with Gasteiger partial charge in [-0.1, -0.05) is 20.8 Å². The molecule has 5 nitrogen and oxygen atoms in total. The van der Waals surface area contributed by atoms with Crippen molar-refractivity contribution in [2.75, 3.05) is 5.32 Å². The summed E-state index contributed by atoms with van der Waals surface area (Å²) in [4.78, 5) is 16.3. The van der Waals surface area contributed by atoms with Crippen molar-refractivity contribution >= 4 is 11.6 Å². The van der Waals surface area contributed by atoms with Crippen LogP contribution in [0.1, 0.15) is 20.8 Å². The predicted octanol–water partition coefficient (Wildman–Crippen LogP) is 3.00. The molecule has 0 aliphatic rings. The number of nitrogens with one attached hydrogen (secondary N) is 2. The van der Waals surface area contributed by atoms with Crippen LogP contribution in [0, 0.1) is 10.9 Å². The van der Waals surface area contributed by atoms with Gasteiger partial charge in [-0.25, -0.2) is 0 Å². The summed E-state index contributed by atoms with van der Waals surface area (Å²) in [5, 5.41) is 5.58. The zero-order valence-corrected chi connectivity index (χ0v) is 9.57. The van der Waals surface area contributed by atoms with Gasteiger partial charge in [0, 0.05) is 16.4 Å². The molecular weight excluding hydrogens is 206 g/mol. The molecule has 1 rings (SSSR count). The molecule has 1 aromatic carbocycles. The van der Waals surface area contributed by atoms with E-state index in [4.69, 9.17) is 5.53 Å². The largest absolute Gasteiger partial charge is 0.340 e. The second kappa shape index (κ2) is 4.74. The van der Waals surface area contributed by atoms with Gasteiger partial charge in [0.15, 0.2) is 5.75 Å². The van der Waals surface area contributed by atoms with Crippen molar-refractivity contribution in [3.63, 3.8) is 0 Å². The first-order valence-electron chi connectivity index (χ1n) is 4.89. The fourth-order valence-corrected chi connectivity index (χ4v) is 0.970. The molecule has 0 unspecified atom stereocenters. The predicted molar refractivity (Wildman–Crippen MR) is 60.3 cm³/mol. The van der Waals surface area contributed by atoms with Gasteiger partial charge in [-0.3, -0.25) is 4.79 Å². The maximum absolute atomic E-state index is 11.7. The van der Waals surface area contributed by atoms with Crippen LogP contribution in [0.5, 0.6) is 5.75 Å². The number of hydrogen-bond acceptors (Lipinski definition) is 4. The van der Waals surface area contributed by atoms with Gasteiger partial charge in [0.2, 0.25) is 5.91 Å². The highest BCUT2D eigenvalue weighted by Gasteiger charge is 2.20. The van der Waals surface area contributed by atoms with Gasteiger partial charge in [0.1, 0.15) is 0 Å². The minimum atomic E-state index is -0.425. The van der Waals surface area contributed by atoms with E-state index < -0.39 is 5.41 Å². The van der Waals surface area contributed by atoms with Crippen LogP contribution >= 0.6 is 0 Å². The number of nitrogens with zero attached hydrogens (tertiary/aromatic N) is 1. The van der Waals surface area contributed by atoms with E-state index in [1.54, 1.807) is 24.3 Å². The molecule has 1 amide bonds. The van der Waals surface area contributed by atoms with Crippen molar-refractivity contribution in [1.29, 1.82) is 5.53 Å². The van der Waals surface area contributed by atoms with Crippen LogP contribution in [0.4, 0.5) is 5.69 Å². The van der Waals surface area contributed by atoms with Gasteiger partial charge >= 0.3 is 0 Å². The van der Waals surface area contributed by atoms with Crippen LogP contribution in [-0.4, -0.2) is 5.91 Å². The molecule has 0 aliphatic carbocycles. The number of carbonyl (C=O) groups is 1. The number of benzene rings is 1. The molecule has 5 heteroatoms. The van der Waals surface area contributed by atoms with Crippen LogP contribution in [-0.2, 0) is 4.79 Å². The first-order chi connectivity index (χ1) is 7.43. The highest BCUT2D eigenvalue weighted by atomic mass is 16.6. The van der Waals surface area contributed by atoms with Crippen molar-refractivity contribution < 1.29 is 9.63 Å². The molecule has 0 spiro atoms. The molecule has 0 saturated carbocycles. The van der Waals surface area contributed by atoms with Crippen LogP contribution in [0.25, 0.3) is 0 Å². The fraction of sp³-hybridized carbons (Fsp3) is 0.364. The van der Waals surface area contributed by atoms with Crippen molar-refractivity contribution in [2.45, 2.75) is 20.8 Å². The van der Waals surface area contributed by atoms with E-state index in [1.807, 2.05) is 20.8 Å². The summed E-state index contributed by atoms with van der Waals surface area (Å²) < 4.78 is 0. The molecule has 0 heterocycles. The topological polar surface area (TPSA) is 74.5 Å². The Bertz CT molecular complexity index is 379. The van der Waals surface area contributed by atoms with Crippen molar-refractivity contribution in [3.8, 4) is 5.75 Å². The maximum Gasteiger partial charge on any atom is 0.229 e. The van der Waals surface area contributed by atoms with Crippen molar-refractivity contribution in [3.05, 3.63) is 24.3 Å². The van der Waals surface area contributed by atoms with Crippen molar-refractivity contribution in [2.24, 2.45) is 10.7 Å². The monoisotopic (exact) mass is 221 g/mol. The Labute approximate surface area is 94.3 Å². The van der Waals surface area contributed by atoms with E-state index in [1.165, 1.54) is 0 Å². The molecule has 0 fully saturated rings. The van der Waals surface area contributed by atoms with E-state index in [0.29, 0.717) is 11.4 Å². The van der Waals surface area contributed by atoms with Crippen molar-refractivity contribution in [1.82, 2.24) is 0 Å². The molecule has 0 atom stereocenters. The maximum atomic E-state index is 11.7. The Balaban J connectivity index is 2.69. The zero-order valence-electron chi connectivity index (χ0n) is 9.57. The zero-order chi connectivity index (χ0) is 12.2. The average molecular weight is 221 g/mol. The standard InChI is InChI=1S/C11H15N3O2/c1-11(2,3)10(15)13-8-4-6-9(7-5-8)16-14-12/h4-7,12H,1-3H3,(H,13,15). The highest BCUT2D eigenvalue weighted by Crippen LogP contribution is 2.19. The number of rotatable bonds is 3. The molecule has 0 aliphatic heterocycles. The molecule has 86 valence electrons. The van der Waals surface area contributed by atoms with Crippen LogP contribution in [0.3, 0.4) is 0 Å². The van der Waals surface area contributed by atoms with Crippen LogP contribution < -0.4 is 10.2 Å². The normalized spacial score (nSPS) is 10.7. The molecule has 0 bridgehead atoms. The quantitative estimate of drug-likeness (QED) is 0.608. The smallest absolute Gasteiger partial charge is 0.229 e. The second-order valence-electron chi connectivity index (χ2n) is 4.41. The second-order valence-corrected chi connectivity index (χ2v) is 4.41. The lowest BCUT2D eigenvalue weighted by atomic mass is 9.95. The van der Waals surface area contributed by atoms with E-state index in [-0.39, 0.29) is 5.91 Å². The SMILES string of the molecule is CC(C)(C)C(=O)Nc1ccc(ON=N)cc1. The van der Waals surface area contributed by atoms with Crippen LogP contribution in [0.2, 0.25) is 0 Å². The number of anilines is 1. The van der Waals surface area contributed by atoms with Gasteiger partial charge < -0.3 is 10.2 Å². The van der Waals surface area contributed by atoms with Gasteiger partial charge in [-0.05, 0) is 24.3 Å². The average Bonchev–Trinajstić information content (AvgIpc) is 2.20. The van der Waals surface area contributed by atoms with E-state index in [2.05, 4.69) is 15.4 Å². The molecule has 1 aromatic rings. The third-order valence-corrected chi connectivity index (χ3v) is 1.94. The third-order valence-electron chi connectivity index (χ3n) is 1.94. The molecule has 0 saturated heterocycles. The minimum absolute atomic E-state index is 0.0497. The van der Waals surface area contributed by atoms with Gasteiger partial charge in [0.05, 0.1) is 0 Å². The van der Waals surface area contributed by atoms with Gasteiger partial charge in [0.25, 0.3) is 0 Å². The Kier molecular flexibility index (Phi) is 3.60. The molecule has 0 radical (unpaired) electrons. The Morgan fingerprint density at radius 1 is 1.31 bits per heavy atom. The Morgan fingerprint density at radius 2 is 1.88 bits per heavy atom. The lowest BCUT2D eigenvalue weighted by Gasteiger charge is -2.17. The number of hydrogen-bond donors (Lipinski definition) is 2. The lowest BCUT2D eigenvalue weighted by Crippen LogP contribution is -2.27. The fourth-order valence-electron chi connectivity index (χ4n) is 0.970. The minimum Gasteiger partial charge on any atom is -0.340 e. The first-order valence-corrected chi connectivity index (χ1v) is 4.89. The van der Waals surface area contributed by atoms with Crippen LogP contribution in [0.15, 0.2) is 29.5 Å². The Morgan fingerprint density at radius 3 is 2.31 bits per heavy atom. The number of amides is 1. The molecule has 0 aromatic heterocycles. The van der Waals surface area contributed by atoms with E-state index >= 15 is 0 Å². The first kappa shape index (κ1) is 12.2. The summed E-state index contributed by atoms with van der Waals surface area (Å²) in [7, 11) is 0. The number of carbonyl (C=O) groups excluding carboxylic acids is 1. The third kappa shape index (κ3) is 3.34. The highest BCUT2D eigenvalue weighted by molar-refractivity contribution is 5.94. The summed E-state index contributed by atoms with van der Waals surface area (Å²) in [5.41, 5.74) is 6.79. The molecule has 2 N–H and O–H groups in total. The summed E-state index contributed by atoms with van der Waals surface area (Å²) >= 11 is 0. The summed E-state index contributed by atoms with van der Waals surface area (Å²) in [6.07, 6.45) is 0. The van der Waals surface area contributed by atoms with E-state index in [0.717, 1.165) is 0 Å². The lowest BCUT2D eigenvalue weighted by molar-refractivity contribution is -0.123. The van der Waals surface area contributed by atoms with Gasteiger partial charge in [-0.2, -0.15) is 5.53 Å². The van der Waals surface area contributed by atoms with Gasteiger partial charge in [-0.15, -0.1) is 0 Å². The Hall–Kier alpha value is -1.91. The molecule has 16 heavy (non-hydrogen) atoms. The van der Waals surface area contributed by atoms with E-state index in [9.17, 15) is 4.79 Å². The molecular formula is C11H15N3O2. The summed E-state index contributed by atoms with van der Waals surface area (Å²) in [5.74, 6) is 0.412. The summed E-state index contributed by atoms with van der Waals surface area (Å²) in [6.45, 7) is 5.54. The summed E-state index contributed by atoms with van der Waals surface area (Å²) in [6, 6.07) is 6.67.